The Morgan fingerprint density at radius 2 is 2.06 bits per heavy atom. The maximum absolute atomic E-state index is 11.2. The molecule has 0 aliphatic heterocycles. The van der Waals surface area contributed by atoms with E-state index in [4.69, 9.17) is 9.84 Å². The van der Waals surface area contributed by atoms with E-state index in [1.54, 1.807) is 24.3 Å². The first-order valence-corrected chi connectivity index (χ1v) is 5.32. The summed E-state index contributed by atoms with van der Waals surface area (Å²) in [5.74, 6) is -0.724. The van der Waals surface area contributed by atoms with E-state index in [1.165, 1.54) is 0 Å². The van der Waals surface area contributed by atoms with Crippen molar-refractivity contribution in [3.63, 3.8) is 0 Å². The highest BCUT2D eigenvalue weighted by atomic mass is 16.5. The van der Waals surface area contributed by atoms with Crippen LogP contribution in [0.2, 0.25) is 0 Å². The van der Waals surface area contributed by atoms with Crippen LogP contribution < -0.4 is 10.1 Å². The van der Waals surface area contributed by atoms with Crippen molar-refractivity contribution >= 4 is 11.9 Å². The summed E-state index contributed by atoms with van der Waals surface area (Å²) in [7, 11) is 0. The molecule has 92 valence electrons. The van der Waals surface area contributed by atoms with E-state index >= 15 is 0 Å². The number of carbonyl (C=O) groups is 2. The molecule has 0 aliphatic carbocycles. The SMILES string of the molecule is CCNC(=O)COc1ccccc1CC(=O)O. The van der Waals surface area contributed by atoms with Gasteiger partial charge in [0.2, 0.25) is 0 Å². The Hall–Kier alpha value is -2.04. The lowest BCUT2D eigenvalue weighted by Gasteiger charge is -2.09. The fourth-order valence-corrected chi connectivity index (χ4v) is 1.35. The zero-order valence-electron chi connectivity index (χ0n) is 9.60. The van der Waals surface area contributed by atoms with Gasteiger partial charge in [0.05, 0.1) is 6.42 Å². The molecule has 0 fully saturated rings. The van der Waals surface area contributed by atoms with Crippen molar-refractivity contribution in [3.05, 3.63) is 29.8 Å². The minimum atomic E-state index is -0.931. The average molecular weight is 237 g/mol. The molecule has 17 heavy (non-hydrogen) atoms. The van der Waals surface area contributed by atoms with Crippen molar-refractivity contribution in [2.45, 2.75) is 13.3 Å². The number of carboxylic acids is 1. The van der Waals surface area contributed by atoms with Gasteiger partial charge < -0.3 is 15.2 Å². The second-order valence-electron chi connectivity index (χ2n) is 3.42. The molecule has 1 aromatic rings. The van der Waals surface area contributed by atoms with Gasteiger partial charge in [-0.15, -0.1) is 0 Å². The maximum Gasteiger partial charge on any atom is 0.307 e. The number of benzene rings is 1. The van der Waals surface area contributed by atoms with Gasteiger partial charge in [-0.05, 0) is 13.0 Å². The second kappa shape index (κ2) is 6.52. The molecule has 5 heteroatoms. The zero-order chi connectivity index (χ0) is 12.7. The first kappa shape index (κ1) is 13.0. The van der Waals surface area contributed by atoms with Gasteiger partial charge in [-0.3, -0.25) is 9.59 Å². The van der Waals surface area contributed by atoms with Crippen molar-refractivity contribution < 1.29 is 19.4 Å². The van der Waals surface area contributed by atoms with Gasteiger partial charge in [0, 0.05) is 12.1 Å². The second-order valence-corrected chi connectivity index (χ2v) is 3.42. The largest absolute Gasteiger partial charge is 0.483 e. The summed E-state index contributed by atoms with van der Waals surface area (Å²) in [6.45, 7) is 2.25. The number of carboxylic acid groups (broad SMARTS) is 1. The Balaban J connectivity index is 2.63. The lowest BCUT2D eigenvalue weighted by Crippen LogP contribution is -2.28. The molecule has 1 rings (SSSR count). The summed E-state index contributed by atoms with van der Waals surface area (Å²) in [5, 5.41) is 11.3. The van der Waals surface area contributed by atoms with Gasteiger partial charge in [0.1, 0.15) is 5.75 Å². The Kier molecular flexibility index (Phi) is 5.00. The lowest BCUT2D eigenvalue weighted by atomic mass is 10.1. The molecule has 0 unspecified atom stereocenters. The molecule has 0 bridgehead atoms. The average Bonchev–Trinajstić information content (AvgIpc) is 2.27. The summed E-state index contributed by atoms with van der Waals surface area (Å²) < 4.78 is 5.28. The van der Waals surface area contributed by atoms with Crippen LogP contribution in [0.4, 0.5) is 0 Å². The maximum atomic E-state index is 11.2. The Morgan fingerprint density at radius 1 is 1.35 bits per heavy atom. The summed E-state index contributed by atoms with van der Waals surface area (Å²) in [6.07, 6.45) is -0.119. The fraction of sp³-hybridized carbons (Fsp3) is 0.333. The predicted octanol–water partition coefficient (Wildman–Crippen LogP) is 0.829. The van der Waals surface area contributed by atoms with Crippen LogP contribution >= 0.6 is 0 Å². The van der Waals surface area contributed by atoms with Crippen LogP contribution in [-0.4, -0.2) is 30.1 Å². The molecule has 0 atom stereocenters. The number of nitrogens with one attached hydrogen (secondary N) is 1. The molecule has 0 saturated heterocycles. The number of amides is 1. The van der Waals surface area contributed by atoms with Crippen LogP contribution in [-0.2, 0) is 16.0 Å². The van der Waals surface area contributed by atoms with E-state index in [2.05, 4.69) is 5.32 Å². The summed E-state index contributed by atoms with van der Waals surface area (Å²) in [5.41, 5.74) is 0.560. The molecule has 0 aromatic heterocycles. The molecule has 0 heterocycles. The molecule has 0 aliphatic rings. The van der Waals surface area contributed by atoms with Crippen molar-refractivity contribution in [1.82, 2.24) is 5.32 Å². The highest BCUT2D eigenvalue weighted by Gasteiger charge is 2.08. The summed E-state index contributed by atoms with van der Waals surface area (Å²) >= 11 is 0. The number of para-hydroxylation sites is 1. The lowest BCUT2D eigenvalue weighted by molar-refractivity contribution is -0.136. The minimum absolute atomic E-state index is 0.107. The van der Waals surface area contributed by atoms with Crippen LogP contribution in [0.15, 0.2) is 24.3 Å². The predicted molar refractivity (Wildman–Crippen MR) is 62.0 cm³/mol. The third-order valence-electron chi connectivity index (χ3n) is 2.05. The van der Waals surface area contributed by atoms with E-state index in [9.17, 15) is 9.59 Å². The van der Waals surface area contributed by atoms with Crippen LogP contribution in [0.1, 0.15) is 12.5 Å². The van der Waals surface area contributed by atoms with E-state index in [0.29, 0.717) is 17.9 Å². The molecule has 0 radical (unpaired) electrons. The van der Waals surface area contributed by atoms with Gasteiger partial charge in [-0.2, -0.15) is 0 Å². The number of carbonyl (C=O) groups excluding carboxylic acids is 1. The van der Waals surface area contributed by atoms with E-state index in [1.807, 2.05) is 6.92 Å². The first-order valence-electron chi connectivity index (χ1n) is 5.32. The van der Waals surface area contributed by atoms with Gasteiger partial charge in [0.15, 0.2) is 6.61 Å². The fourth-order valence-electron chi connectivity index (χ4n) is 1.35. The molecular weight excluding hydrogens is 222 g/mol. The molecule has 0 saturated carbocycles. The van der Waals surface area contributed by atoms with Gasteiger partial charge in [0.25, 0.3) is 5.91 Å². The summed E-state index contributed by atoms with van der Waals surface area (Å²) in [4.78, 5) is 21.8. The van der Waals surface area contributed by atoms with Gasteiger partial charge >= 0.3 is 5.97 Å². The Bertz CT molecular complexity index is 403. The Morgan fingerprint density at radius 3 is 2.71 bits per heavy atom. The number of likely N-dealkylation sites (N-methyl/N-ethyl adjacent to an activating group) is 1. The van der Waals surface area contributed by atoms with Gasteiger partial charge in [-0.1, -0.05) is 18.2 Å². The normalized spacial score (nSPS) is 9.71. The number of aliphatic carboxylic acids is 1. The molecule has 5 nitrogen and oxygen atoms in total. The Labute approximate surface area is 99.4 Å². The van der Waals surface area contributed by atoms with Crippen LogP contribution in [0.3, 0.4) is 0 Å². The standard InChI is InChI=1S/C12H15NO4/c1-2-13-11(14)8-17-10-6-4-3-5-9(10)7-12(15)16/h3-6H,2,7-8H2,1H3,(H,13,14)(H,15,16). The van der Waals surface area contributed by atoms with E-state index in [0.717, 1.165) is 0 Å². The van der Waals surface area contributed by atoms with Crippen LogP contribution in [0, 0.1) is 0 Å². The molecule has 2 N–H and O–H groups in total. The summed E-state index contributed by atoms with van der Waals surface area (Å²) in [6, 6.07) is 6.79. The number of ether oxygens (including phenoxy) is 1. The van der Waals surface area contributed by atoms with Crippen molar-refractivity contribution in [1.29, 1.82) is 0 Å². The molecular formula is C12H15NO4. The number of hydrogen-bond acceptors (Lipinski definition) is 3. The molecule has 1 aromatic carbocycles. The zero-order valence-corrected chi connectivity index (χ0v) is 9.60. The molecule has 1 amide bonds. The highest BCUT2D eigenvalue weighted by molar-refractivity contribution is 5.77. The van der Waals surface area contributed by atoms with Gasteiger partial charge in [-0.25, -0.2) is 0 Å². The van der Waals surface area contributed by atoms with E-state index < -0.39 is 5.97 Å². The third kappa shape index (κ3) is 4.55. The minimum Gasteiger partial charge on any atom is -0.483 e. The number of hydrogen-bond donors (Lipinski definition) is 2. The monoisotopic (exact) mass is 237 g/mol. The van der Waals surface area contributed by atoms with Crippen molar-refractivity contribution in [3.8, 4) is 5.75 Å². The third-order valence-corrected chi connectivity index (χ3v) is 2.05. The molecule has 0 spiro atoms. The quantitative estimate of drug-likeness (QED) is 0.768. The van der Waals surface area contributed by atoms with E-state index in [-0.39, 0.29) is 18.9 Å². The number of rotatable bonds is 6. The topological polar surface area (TPSA) is 75.6 Å². The smallest absolute Gasteiger partial charge is 0.307 e. The first-order chi connectivity index (χ1) is 8.13. The van der Waals surface area contributed by atoms with Crippen molar-refractivity contribution in [2.24, 2.45) is 0 Å². The highest BCUT2D eigenvalue weighted by Crippen LogP contribution is 2.18. The van der Waals surface area contributed by atoms with Crippen molar-refractivity contribution in [2.75, 3.05) is 13.2 Å². The van der Waals surface area contributed by atoms with Crippen LogP contribution in [0.25, 0.3) is 0 Å². The van der Waals surface area contributed by atoms with Crippen LogP contribution in [0.5, 0.6) is 5.75 Å².